The van der Waals surface area contributed by atoms with Gasteiger partial charge in [-0.25, -0.2) is 0 Å². The number of aryl methyl sites for hydroxylation is 1. The highest BCUT2D eigenvalue weighted by Crippen LogP contribution is 2.17. The Morgan fingerprint density at radius 2 is 1.71 bits per heavy atom. The summed E-state index contributed by atoms with van der Waals surface area (Å²) in [5, 5.41) is 4.19. The minimum Gasteiger partial charge on any atom is -0.381 e. The molecule has 0 aromatic heterocycles. The lowest BCUT2D eigenvalue weighted by molar-refractivity contribution is 1.09. The van der Waals surface area contributed by atoms with Gasteiger partial charge < -0.3 is 5.32 Å². The van der Waals surface area contributed by atoms with E-state index in [2.05, 4.69) is 30.4 Å². The van der Waals surface area contributed by atoms with E-state index in [-0.39, 0.29) is 0 Å². The molecule has 1 nitrogen and oxygen atoms in total. The molecular formula is C15H16ClN. The number of hydrogen-bond acceptors (Lipinski definition) is 1. The third kappa shape index (κ3) is 3.50. The molecule has 88 valence electrons. The first-order chi connectivity index (χ1) is 8.28. The fourth-order valence-corrected chi connectivity index (χ4v) is 2.06. The molecule has 0 saturated heterocycles. The smallest absolute Gasteiger partial charge is 0.0412 e. The summed E-state index contributed by atoms with van der Waals surface area (Å²) in [6.45, 7) is 2.94. The van der Waals surface area contributed by atoms with Crippen molar-refractivity contribution in [2.24, 2.45) is 0 Å². The molecule has 0 aliphatic carbocycles. The van der Waals surface area contributed by atoms with E-state index in [1.807, 2.05) is 30.3 Å². The third-order valence-corrected chi connectivity index (χ3v) is 2.91. The molecular weight excluding hydrogens is 230 g/mol. The van der Waals surface area contributed by atoms with Crippen LogP contribution in [-0.2, 0) is 13.0 Å². The van der Waals surface area contributed by atoms with Gasteiger partial charge in [-0.1, -0.05) is 42.8 Å². The van der Waals surface area contributed by atoms with Crippen LogP contribution in [0.2, 0.25) is 5.02 Å². The highest BCUT2D eigenvalue weighted by atomic mass is 35.5. The molecule has 0 heterocycles. The number of nitrogens with one attached hydrogen (secondary N) is 1. The molecule has 17 heavy (non-hydrogen) atoms. The zero-order chi connectivity index (χ0) is 12.1. The molecule has 0 bridgehead atoms. The zero-order valence-electron chi connectivity index (χ0n) is 9.91. The quantitative estimate of drug-likeness (QED) is 0.836. The van der Waals surface area contributed by atoms with Crippen molar-refractivity contribution in [3.8, 4) is 0 Å². The van der Waals surface area contributed by atoms with E-state index in [9.17, 15) is 0 Å². The standard InChI is InChI=1S/C15H16ClN/c1-2-12-8-13(10-14(16)9-12)11-17-15-6-4-3-5-7-15/h3-10,17H,2,11H2,1H3. The lowest BCUT2D eigenvalue weighted by Crippen LogP contribution is -1.99. The summed E-state index contributed by atoms with van der Waals surface area (Å²) in [6, 6.07) is 16.4. The first-order valence-electron chi connectivity index (χ1n) is 5.85. The van der Waals surface area contributed by atoms with E-state index in [0.717, 1.165) is 23.7 Å². The highest BCUT2D eigenvalue weighted by molar-refractivity contribution is 6.30. The molecule has 0 aliphatic rings. The summed E-state index contributed by atoms with van der Waals surface area (Å²) in [7, 11) is 0. The average Bonchev–Trinajstić information content (AvgIpc) is 2.37. The second-order valence-corrected chi connectivity index (χ2v) is 4.48. The van der Waals surface area contributed by atoms with E-state index in [1.165, 1.54) is 11.1 Å². The van der Waals surface area contributed by atoms with E-state index in [0.29, 0.717) is 0 Å². The Labute approximate surface area is 107 Å². The molecule has 2 rings (SSSR count). The van der Waals surface area contributed by atoms with Crippen LogP contribution in [-0.4, -0.2) is 0 Å². The molecule has 0 fully saturated rings. The second kappa shape index (κ2) is 5.74. The predicted octanol–water partition coefficient (Wildman–Crippen LogP) is 4.51. The van der Waals surface area contributed by atoms with Gasteiger partial charge in [0.25, 0.3) is 0 Å². The van der Waals surface area contributed by atoms with Crippen LogP contribution in [0.15, 0.2) is 48.5 Å². The van der Waals surface area contributed by atoms with Crippen LogP contribution in [0.1, 0.15) is 18.1 Å². The van der Waals surface area contributed by atoms with Gasteiger partial charge in [-0.3, -0.25) is 0 Å². The van der Waals surface area contributed by atoms with Crippen LogP contribution in [0.4, 0.5) is 5.69 Å². The Balaban J connectivity index is 2.06. The molecule has 2 aromatic carbocycles. The highest BCUT2D eigenvalue weighted by Gasteiger charge is 1.99. The summed E-state index contributed by atoms with van der Waals surface area (Å²) < 4.78 is 0. The summed E-state index contributed by atoms with van der Waals surface area (Å²) in [5.74, 6) is 0. The predicted molar refractivity (Wildman–Crippen MR) is 74.6 cm³/mol. The van der Waals surface area contributed by atoms with Gasteiger partial charge in [0.15, 0.2) is 0 Å². The first kappa shape index (κ1) is 12.0. The van der Waals surface area contributed by atoms with Crippen molar-refractivity contribution in [2.45, 2.75) is 19.9 Å². The van der Waals surface area contributed by atoms with Gasteiger partial charge in [0, 0.05) is 17.3 Å². The van der Waals surface area contributed by atoms with Crippen molar-refractivity contribution in [2.75, 3.05) is 5.32 Å². The minimum atomic E-state index is 0.803. The first-order valence-corrected chi connectivity index (χ1v) is 6.23. The number of anilines is 1. The maximum Gasteiger partial charge on any atom is 0.0412 e. The van der Waals surface area contributed by atoms with E-state index in [4.69, 9.17) is 11.6 Å². The Hall–Kier alpha value is -1.47. The fraction of sp³-hybridized carbons (Fsp3) is 0.200. The molecule has 0 radical (unpaired) electrons. The average molecular weight is 246 g/mol. The van der Waals surface area contributed by atoms with Crippen LogP contribution in [0.25, 0.3) is 0 Å². The van der Waals surface area contributed by atoms with Crippen molar-refractivity contribution in [3.63, 3.8) is 0 Å². The summed E-state index contributed by atoms with van der Waals surface area (Å²) in [4.78, 5) is 0. The lowest BCUT2D eigenvalue weighted by atomic mass is 10.1. The van der Waals surface area contributed by atoms with E-state index in [1.54, 1.807) is 0 Å². The SMILES string of the molecule is CCc1cc(Cl)cc(CNc2ccccc2)c1. The Morgan fingerprint density at radius 3 is 2.41 bits per heavy atom. The Morgan fingerprint density at radius 1 is 1.00 bits per heavy atom. The van der Waals surface area contributed by atoms with Gasteiger partial charge in [-0.05, 0) is 41.8 Å². The number of hydrogen-bond donors (Lipinski definition) is 1. The summed E-state index contributed by atoms with van der Waals surface area (Å²) in [5.41, 5.74) is 3.63. The minimum absolute atomic E-state index is 0.803. The number of benzene rings is 2. The van der Waals surface area contributed by atoms with E-state index < -0.39 is 0 Å². The van der Waals surface area contributed by atoms with E-state index >= 15 is 0 Å². The van der Waals surface area contributed by atoms with Crippen molar-refractivity contribution in [1.82, 2.24) is 0 Å². The summed E-state index contributed by atoms with van der Waals surface area (Å²) in [6.07, 6.45) is 1.01. The number of para-hydroxylation sites is 1. The molecule has 2 heteroatoms. The summed E-state index contributed by atoms with van der Waals surface area (Å²) >= 11 is 6.08. The van der Waals surface area contributed by atoms with Crippen LogP contribution in [0.3, 0.4) is 0 Å². The van der Waals surface area contributed by atoms with Crippen LogP contribution in [0.5, 0.6) is 0 Å². The zero-order valence-corrected chi connectivity index (χ0v) is 10.7. The van der Waals surface area contributed by atoms with Gasteiger partial charge in [-0.15, -0.1) is 0 Å². The molecule has 0 aliphatic heterocycles. The van der Waals surface area contributed by atoms with Gasteiger partial charge >= 0.3 is 0 Å². The number of halogens is 1. The molecule has 0 spiro atoms. The molecule has 1 N–H and O–H groups in total. The van der Waals surface area contributed by atoms with Crippen LogP contribution in [0, 0.1) is 0 Å². The van der Waals surface area contributed by atoms with Crippen LogP contribution < -0.4 is 5.32 Å². The Kier molecular flexibility index (Phi) is 4.05. The van der Waals surface area contributed by atoms with Crippen molar-refractivity contribution in [3.05, 3.63) is 64.7 Å². The van der Waals surface area contributed by atoms with Gasteiger partial charge in [0.2, 0.25) is 0 Å². The van der Waals surface area contributed by atoms with Gasteiger partial charge in [0.05, 0.1) is 0 Å². The molecule has 2 aromatic rings. The molecule has 0 amide bonds. The van der Waals surface area contributed by atoms with Crippen molar-refractivity contribution in [1.29, 1.82) is 0 Å². The maximum atomic E-state index is 6.08. The maximum absolute atomic E-state index is 6.08. The molecule has 0 unspecified atom stereocenters. The van der Waals surface area contributed by atoms with Crippen molar-refractivity contribution >= 4 is 17.3 Å². The third-order valence-electron chi connectivity index (χ3n) is 2.70. The fourth-order valence-electron chi connectivity index (χ4n) is 1.78. The van der Waals surface area contributed by atoms with Gasteiger partial charge in [0.1, 0.15) is 0 Å². The Bertz CT molecular complexity index is 480. The number of rotatable bonds is 4. The second-order valence-electron chi connectivity index (χ2n) is 4.04. The lowest BCUT2D eigenvalue weighted by Gasteiger charge is -2.08. The monoisotopic (exact) mass is 245 g/mol. The molecule has 0 atom stereocenters. The largest absolute Gasteiger partial charge is 0.381 e. The van der Waals surface area contributed by atoms with Crippen molar-refractivity contribution < 1.29 is 0 Å². The van der Waals surface area contributed by atoms with Gasteiger partial charge in [-0.2, -0.15) is 0 Å². The molecule has 0 saturated carbocycles. The normalized spacial score (nSPS) is 10.2. The topological polar surface area (TPSA) is 12.0 Å². The van der Waals surface area contributed by atoms with Crippen LogP contribution >= 0.6 is 11.6 Å².